The van der Waals surface area contributed by atoms with E-state index in [1.807, 2.05) is 7.05 Å². The maximum absolute atomic E-state index is 5.59. The van der Waals surface area contributed by atoms with Gasteiger partial charge in [0, 0.05) is 6.61 Å². The molecule has 1 aromatic rings. The lowest BCUT2D eigenvalue weighted by Crippen LogP contribution is -2.05. The second kappa shape index (κ2) is 4.11. The van der Waals surface area contributed by atoms with Gasteiger partial charge in [0.2, 0.25) is 5.89 Å². The summed E-state index contributed by atoms with van der Waals surface area (Å²) in [7, 11) is 1.87. The van der Waals surface area contributed by atoms with E-state index >= 15 is 0 Å². The van der Waals surface area contributed by atoms with Crippen LogP contribution in [0.5, 0.6) is 0 Å². The minimum atomic E-state index is 0.105. The Morgan fingerprint density at radius 2 is 2.50 bits per heavy atom. The second-order valence-electron chi connectivity index (χ2n) is 3.74. The van der Waals surface area contributed by atoms with Crippen LogP contribution < -0.4 is 5.32 Å². The van der Waals surface area contributed by atoms with Crippen LogP contribution in [0.1, 0.15) is 31.1 Å². The first-order valence-corrected chi connectivity index (χ1v) is 5.02. The molecule has 1 aliphatic rings. The molecule has 0 aromatic carbocycles. The van der Waals surface area contributed by atoms with Crippen molar-refractivity contribution in [1.29, 1.82) is 0 Å². The third-order valence-corrected chi connectivity index (χ3v) is 2.57. The quantitative estimate of drug-likeness (QED) is 0.795. The van der Waals surface area contributed by atoms with Gasteiger partial charge in [-0.3, -0.25) is 0 Å². The summed E-state index contributed by atoms with van der Waals surface area (Å²) in [5.74, 6) is 2.12. The minimum Gasteiger partial charge on any atom is -0.442 e. The molecule has 1 saturated heterocycles. The third kappa shape index (κ3) is 1.81. The van der Waals surface area contributed by atoms with Crippen molar-refractivity contribution >= 4 is 0 Å². The van der Waals surface area contributed by atoms with Crippen LogP contribution >= 0.6 is 0 Å². The summed E-state index contributed by atoms with van der Waals surface area (Å²) in [6.07, 6.45) is 2.99. The van der Waals surface area contributed by atoms with Crippen LogP contribution in [0, 0.1) is 5.92 Å². The number of rotatable bonds is 3. The average molecular weight is 196 g/mol. The smallest absolute Gasteiger partial charge is 0.208 e. The lowest BCUT2D eigenvalue weighted by Gasteiger charge is -2.09. The molecule has 1 N–H and O–H groups in total. The molecule has 0 aliphatic carbocycles. The molecule has 0 bridgehead atoms. The fraction of sp³-hybridized carbons (Fsp3) is 0.700. The van der Waals surface area contributed by atoms with Crippen LogP contribution in [0.2, 0.25) is 0 Å². The number of hydrogen-bond acceptors (Lipinski definition) is 4. The van der Waals surface area contributed by atoms with Crippen molar-refractivity contribution in [3.05, 3.63) is 17.8 Å². The van der Waals surface area contributed by atoms with Gasteiger partial charge in [0.15, 0.2) is 5.76 Å². The van der Waals surface area contributed by atoms with Gasteiger partial charge in [-0.15, -0.1) is 0 Å². The molecule has 2 unspecified atom stereocenters. The normalized spacial score (nSPS) is 27.0. The molecule has 0 amide bonds. The van der Waals surface area contributed by atoms with Crippen LogP contribution in [-0.2, 0) is 11.3 Å². The first kappa shape index (κ1) is 9.68. The molecule has 14 heavy (non-hydrogen) atoms. The molecule has 0 saturated carbocycles. The Morgan fingerprint density at radius 1 is 1.64 bits per heavy atom. The predicted molar refractivity (Wildman–Crippen MR) is 51.7 cm³/mol. The Bertz CT molecular complexity index is 298. The maximum Gasteiger partial charge on any atom is 0.208 e. The van der Waals surface area contributed by atoms with Crippen LogP contribution in [0.15, 0.2) is 10.6 Å². The Labute approximate surface area is 83.7 Å². The van der Waals surface area contributed by atoms with Crippen molar-refractivity contribution in [1.82, 2.24) is 10.3 Å². The highest BCUT2D eigenvalue weighted by Gasteiger charge is 2.28. The van der Waals surface area contributed by atoms with Crippen LogP contribution in [0.25, 0.3) is 0 Å². The van der Waals surface area contributed by atoms with Crippen molar-refractivity contribution in [2.24, 2.45) is 5.92 Å². The maximum atomic E-state index is 5.59. The van der Waals surface area contributed by atoms with Gasteiger partial charge in [-0.05, 0) is 19.4 Å². The minimum absolute atomic E-state index is 0.105. The molecule has 0 spiro atoms. The number of hydrogen-bond donors (Lipinski definition) is 1. The number of nitrogens with zero attached hydrogens (tertiary/aromatic N) is 1. The molecule has 2 atom stereocenters. The van der Waals surface area contributed by atoms with Crippen molar-refractivity contribution in [2.75, 3.05) is 13.7 Å². The molecule has 0 radical (unpaired) electrons. The lowest BCUT2D eigenvalue weighted by atomic mass is 10.0. The van der Waals surface area contributed by atoms with E-state index in [4.69, 9.17) is 9.15 Å². The van der Waals surface area contributed by atoms with Crippen molar-refractivity contribution in [3.8, 4) is 0 Å². The Kier molecular flexibility index (Phi) is 2.84. The molecule has 1 fully saturated rings. The number of aromatic nitrogens is 1. The van der Waals surface area contributed by atoms with E-state index in [9.17, 15) is 0 Å². The van der Waals surface area contributed by atoms with Crippen molar-refractivity contribution in [2.45, 2.75) is 26.0 Å². The fourth-order valence-electron chi connectivity index (χ4n) is 1.75. The van der Waals surface area contributed by atoms with Crippen molar-refractivity contribution < 1.29 is 9.15 Å². The third-order valence-electron chi connectivity index (χ3n) is 2.57. The Morgan fingerprint density at radius 3 is 3.14 bits per heavy atom. The topological polar surface area (TPSA) is 47.3 Å². The van der Waals surface area contributed by atoms with Gasteiger partial charge in [0.25, 0.3) is 0 Å². The monoisotopic (exact) mass is 196 g/mol. The summed E-state index contributed by atoms with van der Waals surface area (Å²) in [6, 6.07) is 0. The average Bonchev–Trinajstić information content (AvgIpc) is 2.74. The Hall–Kier alpha value is -0.870. The molecule has 4 nitrogen and oxygen atoms in total. The molecule has 4 heteroatoms. The van der Waals surface area contributed by atoms with E-state index < -0.39 is 0 Å². The summed E-state index contributed by atoms with van der Waals surface area (Å²) in [6.45, 7) is 3.67. The first-order chi connectivity index (χ1) is 6.81. The Balaban J connectivity index is 2.08. The molecular weight excluding hydrogens is 180 g/mol. The second-order valence-corrected chi connectivity index (χ2v) is 3.74. The van der Waals surface area contributed by atoms with E-state index in [-0.39, 0.29) is 6.10 Å². The summed E-state index contributed by atoms with van der Waals surface area (Å²) in [5, 5.41) is 3.00. The molecule has 78 valence electrons. The zero-order valence-electron chi connectivity index (χ0n) is 8.62. The van der Waals surface area contributed by atoms with E-state index in [1.54, 1.807) is 6.20 Å². The summed E-state index contributed by atoms with van der Waals surface area (Å²) in [5.41, 5.74) is 0. The highest BCUT2D eigenvalue weighted by molar-refractivity contribution is 5.01. The van der Waals surface area contributed by atoms with E-state index in [2.05, 4.69) is 17.2 Å². The SMILES string of the molecule is CNCc1ncc(C2OCCC2C)o1. The largest absolute Gasteiger partial charge is 0.442 e. The van der Waals surface area contributed by atoms with Crippen LogP contribution in [0.3, 0.4) is 0 Å². The molecule has 1 aromatic heterocycles. The first-order valence-electron chi connectivity index (χ1n) is 5.02. The van der Waals surface area contributed by atoms with Gasteiger partial charge in [0.1, 0.15) is 6.10 Å². The van der Waals surface area contributed by atoms with E-state index in [0.29, 0.717) is 12.5 Å². The standard InChI is InChI=1S/C10H16N2O2/c1-7-3-4-13-10(7)8-5-12-9(14-8)6-11-2/h5,7,10-11H,3-4,6H2,1-2H3. The molecule has 1 aliphatic heterocycles. The van der Waals surface area contributed by atoms with E-state index in [0.717, 1.165) is 24.7 Å². The van der Waals surface area contributed by atoms with Crippen molar-refractivity contribution in [3.63, 3.8) is 0 Å². The van der Waals surface area contributed by atoms with Crippen LogP contribution in [-0.4, -0.2) is 18.6 Å². The molecule has 2 heterocycles. The highest BCUT2D eigenvalue weighted by atomic mass is 16.5. The zero-order valence-corrected chi connectivity index (χ0v) is 8.62. The van der Waals surface area contributed by atoms with Crippen LogP contribution in [0.4, 0.5) is 0 Å². The highest BCUT2D eigenvalue weighted by Crippen LogP contribution is 2.34. The number of ether oxygens (including phenoxy) is 1. The molecule has 2 rings (SSSR count). The number of nitrogens with one attached hydrogen (secondary N) is 1. The van der Waals surface area contributed by atoms with Gasteiger partial charge in [-0.25, -0.2) is 4.98 Å². The molecular formula is C10H16N2O2. The van der Waals surface area contributed by atoms with Gasteiger partial charge < -0.3 is 14.5 Å². The number of oxazole rings is 1. The van der Waals surface area contributed by atoms with Gasteiger partial charge in [-0.1, -0.05) is 6.92 Å². The predicted octanol–water partition coefficient (Wildman–Crippen LogP) is 1.49. The van der Waals surface area contributed by atoms with E-state index in [1.165, 1.54) is 0 Å². The lowest BCUT2D eigenvalue weighted by molar-refractivity contribution is 0.0748. The zero-order chi connectivity index (χ0) is 9.97. The van der Waals surface area contributed by atoms with Gasteiger partial charge in [0.05, 0.1) is 12.7 Å². The van der Waals surface area contributed by atoms with Gasteiger partial charge in [-0.2, -0.15) is 0 Å². The fourth-order valence-corrected chi connectivity index (χ4v) is 1.75. The summed E-state index contributed by atoms with van der Waals surface area (Å²) in [4.78, 5) is 4.18. The summed E-state index contributed by atoms with van der Waals surface area (Å²) < 4.78 is 11.2. The van der Waals surface area contributed by atoms with Gasteiger partial charge >= 0.3 is 0 Å². The summed E-state index contributed by atoms with van der Waals surface area (Å²) >= 11 is 0.